The molecule has 4 heteroatoms. The Morgan fingerprint density at radius 3 is 2.89 bits per heavy atom. The fourth-order valence-corrected chi connectivity index (χ4v) is 1.70. The van der Waals surface area contributed by atoms with Crippen LogP contribution >= 0.6 is 0 Å². The van der Waals surface area contributed by atoms with Gasteiger partial charge in [0.2, 0.25) is 5.91 Å². The van der Waals surface area contributed by atoms with Gasteiger partial charge in [-0.3, -0.25) is 4.79 Å². The first-order valence-electron chi connectivity index (χ1n) is 6.41. The minimum atomic E-state index is -0.00510. The molecule has 1 aliphatic carbocycles. The third-order valence-corrected chi connectivity index (χ3v) is 2.96. The highest BCUT2D eigenvalue weighted by atomic mass is 16.5. The second kappa shape index (κ2) is 6.40. The lowest BCUT2D eigenvalue weighted by atomic mass is 10.2. The lowest BCUT2D eigenvalue weighted by molar-refractivity contribution is -0.120. The summed E-state index contributed by atoms with van der Waals surface area (Å²) in [6.07, 6.45) is 2.56. The van der Waals surface area contributed by atoms with Crippen LogP contribution in [0.2, 0.25) is 0 Å². The molecule has 18 heavy (non-hydrogen) atoms. The Bertz CT molecular complexity index is 403. The van der Waals surface area contributed by atoms with E-state index in [1.807, 2.05) is 24.3 Å². The maximum absolute atomic E-state index is 11.4. The van der Waals surface area contributed by atoms with Gasteiger partial charge in [-0.05, 0) is 31.9 Å². The molecule has 1 fully saturated rings. The van der Waals surface area contributed by atoms with Crippen LogP contribution in [-0.2, 0) is 11.3 Å². The van der Waals surface area contributed by atoms with Crippen LogP contribution in [0.15, 0.2) is 24.3 Å². The highest BCUT2D eigenvalue weighted by Crippen LogP contribution is 2.30. The van der Waals surface area contributed by atoms with Gasteiger partial charge in [-0.15, -0.1) is 0 Å². The standard InChI is InChI=1S/C14H20N2O2/c1-15-9-14(17)16-8-12-4-2-3-5-13(12)18-10-11-6-7-11/h2-5,11,15H,6-10H2,1H3,(H,16,17). The lowest BCUT2D eigenvalue weighted by Crippen LogP contribution is -2.31. The van der Waals surface area contributed by atoms with Gasteiger partial charge in [-0.1, -0.05) is 18.2 Å². The van der Waals surface area contributed by atoms with Crippen molar-refractivity contribution in [1.82, 2.24) is 10.6 Å². The first kappa shape index (κ1) is 12.9. The number of ether oxygens (including phenoxy) is 1. The van der Waals surface area contributed by atoms with E-state index in [0.717, 1.165) is 23.8 Å². The fourth-order valence-electron chi connectivity index (χ4n) is 1.70. The van der Waals surface area contributed by atoms with Crippen LogP contribution in [0.4, 0.5) is 0 Å². The van der Waals surface area contributed by atoms with Crippen LogP contribution in [0.1, 0.15) is 18.4 Å². The second-order valence-electron chi connectivity index (χ2n) is 4.67. The van der Waals surface area contributed by atoms with Crippen LogP contribution in [0.5, 0.6) is 5.75 Å². The third-order valence-electron chi connectivity index (χ3n) is 2.96. The molecular weight excluding hydrogens is 228 g/mol. The summed E-state index contributed by atoms with van der Waals surface area (Å²) in [6, 6.07) is 7.87. The number of nitrogens with one attached hydrogen (secondary N) is 2. The first-order chi connectivity index (χ1) is 8.79. The van der Waals surface area contributed by atoms with Crippen molar-refractivity contribution in [3.8, 4) is 5.75 Å². The summed E-state index contributed by atoms with van der Waals surface area (Å²) in [7, 11) is 1.76. The van der Waals surface area contributed by atoms with E-state index in [9.17, 15) is 4.79 Å². The molecule has 1 amide bonds. The number of hydrogen-bond acceptors (Lipinski definition) is 3. The minimum Gasteiger partial charge on any atom is -0.493 e. The van der Waals surface area contributed by atoms with Gasteiger partial charge in [0.05, 0.1) is 13.2 Å². The number of rotatable bonds is 7. The minimum absolute atomic E-state index is 0.00510. The van der Waals surface area contributed by atoms with Crippen molar-refractivity contribution in [3.05, 3.63) is 29.8 Å². The molecule has 0 heterocycles. The van der Waals surface area contributed by atoms with E-state index in [1.54, 1.807) is 7.05 Å². The number of likely N-dealkylation sites (N-methyl/N-ethyl adjacent to an activating group) is 1. The molecule has 0 aromatic heterocycles. The smallest absolute Gasteiger partial charge is 0.234 e. The lowest BCUT2D eigenvalue weighted by Gasteiger charge is -2.11. The van der Waals surface area contributed by atoms with Crippen molar-refractivity contribution in [2.24, 2.45) is 5.92 Å². The second-order valence-corrected chi connectivity index (χ2v) is 4.67. The molecule has 0 atom stereocenters. The summed E-state index contributed by atoms with van der Waals surface area (Å²) >= 11 is 0. The maximum atomic E-state index is 11.4. The Labute approximate surface area is 108 Å². The van der Waals surface area contributed by atoms with Gasteiger partial charge in [-0.25, -0.2) is 0 Å². The molecule has 1 aromatic rings. The van der Waals surface area contributed by atoms with Crippen LogP contribution in [0.25, 0.3) is 0 Å². The quantitative estimate of drug-likeness (QED) is 0.765. The Kier molecular flexibility index (Phi) is 4.59. The van der Waals surface area contributed by atoms with Gasteiger partial charge in [0.1, 0.15) is 5.75 Å². The number of amides is 1. The summed E-state index contributed by atoms with van der Waals surface area (Å²) in [5.41, 5.74) is 1.03. The van der Waals surface area contributed by atoms with Gasteiger partial charge >= 0.3 is 0 Å². The number of para-hydroxylation sites is 1. The van der Waals surface area contributed by atoms with Crippen LogP contribution < -0.4 is 15.4 Å². The molecule has 0 unspecified atom stereocenters. The molecule has 0 spiro atoms. The number of hydrogen-bond donors (Lipinski definition) is 2. The van der Waals surface area contributed by atoms with Crippen LogP contribution in [-0.4, -0.2) is 26.1 Å². The van der Waals surface area contributed by atoms with Crippen molar-refractivity contribution in [2.75, 3.05) is 20.2 Å². The third kappa shape index (κ3) is 4.04. The van der Waals surface area contributed by atoms with Gasteiger partial charge in [0.25, 0.3) is 0 Å². The van der Waals surface area contributed by atoms with E-state index in [-0.39, 0.29) is 5.91 Å². The molecule has 4 nitrogen and oxygen atoms in total. The molecule has 1 saturated carbocycles. The zero-order valence-electron chi connectivity index (χ0n) is 10.7. The molecule has 1 aromatic carbocycles. The normalized spacial score (nSPS) is 14.3. The average molecular weight is 248 g/mol. The van der Waals surface area contributed by atoms with Crippen molar-refractivity contribution >= 4 is 5.91 Å². The van der Waals surface area contributed by atoms with Gasteiger partial charge in [0, 0.05) is 12.1 Å². The SMILES string of the molecule is CNCC(=O)NCc1ccccc1OCC1CC1. The van der Waals surface area contributed by atoms with E-state index < -0.39 is 0 Å². The summed E-state index contributed by atoms with van der Waals surface area (Å²) in [6.45, 7) is 1.65. The van der Waals surface area contributed by atoms with Crippen molar-refractivity contribution < 1.29 is 9.53 Å². The van der Waals surface area contributed by atoms with Crippen molar-refractivity contribution in [1.29, 1.82) is 0 Å². The van der Waals surface area contributed by atoms with Crippen molar-refractivity contribution in [3.63, 3.8) is 0 Å². The average Bonchev–Trinajstić information content (AvgIpc) is 3.19. The largest absolute Gasteiger partial charge is 0.493 e. The number of carbonyl (C=O) groups excluding carboxylic acids is 1. The van der Waals surface area contributed by atoms with E-state index >= 15 is 0 Å². The Morgan fingerprint density at radius 2 is 2.17 bits per heavy atom. The van der Waals surface area contributed by atoms with Gasteiger partial charge < -0.3 is 15.4 Å². The molecule has 0 saturated heterocycles. The van der Waals surface area contributed by atoms with Crippen LogP contribution in [0.3, 0.4) is 0 Å². The zero-order chi connectivity index (χ0) is 12.8. The number of benzene rings is 1. The zero-order valence-corrected chi connectivity index (χ0v) is 10.7. The predicted octanol–water partition coefficient (Wildman–Crippen LogP) is 1.31. The van der Waals surface area contributed by atoms with Crippen LogP contribution in [0, 0.1) is 5.92 Å². The molecule has 2 N–H and O–H groups in total. The topological polar surface area (TPSA) is 50.4 Å². The van der Waals surface area contributed by atoms with E-state index in [1.165, 1.54) is 12.8 Å². The molecule has 0 aliphatic heterocycles. The highest BCUT2D eigenvalue weighted by molar-refractivity contribution is 5.77. The summed E-state index contributed by atoms with van der Waals surface area (Å²) in [5.74, 6) is 1.61. The highest BCUT2D eigenvalue weighted by Gasteiger charge is 2.22. The Morgan fingerprint density at radius 1 is 1.39 bits per heavy atom. The number of carbonyl (C=O) groups is 1. The van der Waals surface area contributed by atoms with Crippen molar-refractivity contribution in [2.45, 2.75) is 19.4 Å². The summed E-state index contributed by atoms with van der Waals surface area (Å²) in [5, 5.41) is 5.69. The van der Waals surface area contributed by atoms with Gasteiger partial charge in [0.15, 0.2) is 0 Å². The maximum Gasteiger partial charge on any atom is 0.234 e. The molecule has 0 bridgehead atoms. The van der Waals surface area contributed by atoms with E-state index in [0.29, 0.717) is 13.1 Å². The van der Waals surface area contributed by atoms with Gasteiger partial charge in [-0.2, -0.15) is 0 Å². The predicted molar refractivity (Wildman–Crippen MR) is 70.4 cm³/mol. The molecule has 0 radical (unpaired) electrons. The fraction of sp³-hybridized carbons (Fsp3) is 0.500. The van der Waals surface area contributed by atoms with E-state index in [4.69, 9.17) is 4.74 Å². The molecular formula is C14H20N2O2. The Hall–Kier alpha value is -1.55. The summed E-state index contributed by atoms with van der Waals surface area (Å²) in [4.78, 5) is 11.4. The molecule has 2 rings (SSSR count). The molecule has 98 valence electrons. The first-order valence-corrected chi connectivity index (χ1v) is 6.41. The Balaban J connectivity index is 1.87. The van der Waals surface area contributed by atoms with E-state index in [2.05, 4.69) is 10.6 Å². The summed E-state index contributed by atoms with van der Waals surface area (Å²) < 4.78 is 5.79. The molecule has 1 aliphatic rings. The monoisotopic (exact) mass is 248 g/mol.